The van der Waals surface area contributed by atoms with Crippen LogP contribution in [0.5, 0.6) is 0 Å². The topological polar surface area (TPSA) is 52.7 Å². The van der Waals surface area contributed by atoms with Gasteiger partial charge in [0.2, 0.25) is 0 Å². The van der Waals surface area contributed by atoms with Gasteiger partial charge in [-0.3, -0.25) is 15.0 Å². The zero-order valence-electron chi connectivity index (χ0n) is 14.1. The van der Waals surface area contributed by atoms with Gasteiger partial charge in [-0.15, -0.1) is 0 Å². The van der Waals surface area contributed by atoms with Gasteiger partial charge in [-0.05, 0) is 49.2 Å². The number of halogens is 1. The Bertz CT molecular complexity index is 889. The third-order valence-corrected chi connectivity index (χ3v) is 4.66. The van der Waals surface area contributed by atoms with Gasteiger partial charge in [0.1, 0.15) is 11.4 Å². The number of nitrogens with zero attached hydrogens (tertiary/aromatic N) is 2. The summed E-state index contributed by atoms with van der Waals surface area (Å²) in [6.45, 7) is 1.85. The highest BCUT2D eigenvalue weighted by molar-refractivity contribution is 6.31. The number of rotatable bonds is 3. The Labute approximate surface area is 150 Å². The molecular weight excluding hydrogens is 333 g/mol. The highest BCUT2D eigenvalue weighted by atomic mass is 19.1. The van der Waals surface area contributed by atoms with Gasteiger partial charge in [0.25, 0.3) is 11.8 Å². The van der Waals surface area contributed by atoms with Gasteiger partial charge in [-0.1, -0.05) is 18.2 Å². The van der Waals surface area contributed by atoms with Crippen molar-refractivity contribution in [1.82, 2.24) is 5.43 Å². The van der Waals surface area contributed by atoms with Crippen molar-refractivity contribution < 1.29 is 14.0 Å². The first-order chi connectivity index (χ1) is 12.6. The number of carbonyl (C=O) groups excluding carboxylic acids is 2. The maximum atomic E-state index is 14.5. The molecule has 0 aliphatic carbocycles. The number of carbonyl (C=O) groups is 2. The minimum atomic E-state index is -0.540. The molecule has 2 fully saturated rings. The summed E-state index contributed by atoms with van der Waals surface area (Å²) in [6.07, 6.45) is 3.53. The van der Waals surface area contributed by atoms with Crippen LogP contribution in [0.25, 0.3) is 6.08 Å². The van der Waals surface area contributed by atoms with Gasteiger partial charge in [0, 0.05) is 24.3 Å². The molecule has 0 radical (unpaired) electrons. The maximum Gasteiger partial charge on any atom is 0.282 e. The Morgan fingerprint density at radius 1 is 0.962 bits per heavy atom. The van der Waals surface area contributed by atoms with E-state index in [1.807, 2.05) is 12.1 Å². The van der Waals surface area contributed by atoms with Gasteiger partial charge in [-0.2, -0.15) is 0 Å². The molecule has 0 unspecified atom stereocenters. The second kappa shape index (κ2) is 6.63. The average molecular weight is 351 g/mol. The molecule has 6 heteroatoms. The van der Waals surface area contributed by atoms with Crippen molar-refractivity contribution in [3.8, 4) is 0 Å². The third-order valence-electron chi connectivity index (χ3n) is 4.66. The molecule has 1 N–H and O–H groups in total. The van der Waals surface area contributed by atoms with Crippen molar-refractivity contribution in [3.63, 3.8) is 0 Å². The van der Waals surface area contributed by atoms with Crippen LogP contribution >= 0.6 is 0 Å². The second-order valence-corrected chi connectivity index (χ2v) is 6.38. The molecule has 2 heterocycles. The zero-order valence-corrected chi connectivity index (χ0v) is 14.1. The van der Waals surface area contributed by atoms with Crippen LogP contribution in [0.2, 0.25) is 0 Å². The Morgan fingerprint density at radius 3 is 2.38 bits per heavy atom. The van der Waals surface area contributed by atoms with Crippen LogP contribution in [-0.4, -0.2) is 24.9 Å². The number of hydrazine groups is 1. The molecule has 0 atom stereocenters. The largest absolute Gasteiger partial charge is 0.371 e. The van der Waals surface area contributed by atoms with E-state index in [-0.39, 0.29) is 11.1 Å². The number of nitrogens with one attached hydrogen (secondary N) is 1. The molecule has 132 valence electrons. The van der Waals surface area contributed by atoms with Crippen LogP contribution in [0.1, 0.15) is 18.4 Å². The van der Waals surface area contributed by atoms with E-state index in [2.05, 4.69) is 10.3 Å². The van der Waals surface area contributed by atoms with E-state index in [4.69, 9.17) is 0 Å². The van der Waals surface area contributed by atoms with Crippen LogP contribution in [0.3, 0.4) is 0 Å². The van der Waals surface area contributed by atoms with E-state index < -0.39 is 17.6 Å². The number of anilines is 2. The molecule has 2 aliphatic heterocycles. The number of hydrogen-bond donors (Lipinski definition) is 1. The van der Waals surface area contributed by atoms with Crippen molar-refractivity contribution in [2.24, 2.45) is 0 Å². The lowest BCUT2D eigenvalue weighted by Gasteiger charge is -2.17. The van der Waals surface area contributed by atoms with E-state index in [1.165, 1.54) is 17.2 Å². The van der Waals surface area contributed by atoms with E-state index in [9.17, 15) is 14.0 Å². The van der Waals surface area contributed by atoms with Crippen molar-refractivity contribution in [3.05, 3.63) is 65.5 Å². The van der Waals surface area contributed by atoms with Crippen LogP contribution in [-0.2, 0) is 9.59 Å². The van der Waals surface area contributed by atoms with Crippen LogP contribution in [0.4, 0.5) is 15.8 Å². The van der Waals surface area contributed by atoms with Gasteiger partial charge in [0.05, 0.1) is 5.69 Å². The highest BCUT2D eigenvalue weighted by Crippen LogP contribution is 2.26. The lowest BCUT2D eigenvalue weighted by molar-refractivity contribution is -0.117. The molecule has 2 saturated heterocycles. The number of para-hydroxylation sites is 1. The summed E-state index contributed by atoms with van der Waals surface area (Å²) >= 11 is 0. The zero-order chi connectivity index (χ0) is 18.1. The monoisotopic (exact) mass is 351 g/mol. The molecular formula is C20H18FN3O2. The SMILES string of the molecule is O=C1NN(c2ccccc2)C(=O)C1=Cc1ccc(N2CCCC2)cc1F. The Morgan fingerprint density at radius 2 is 1.69 bits per heavy atom. The number of benzene rings is 2. The van der Waals surface area contributed by atoms with Crippen molar-refractivity contribution >= 4 is 29.3 Å². The standard InChI is InChI=1S/C20H18FN3O2/c21-18-13-16(23-10-4-5-11-23)9-8-14(18)12-17-19(25)22-24(20(17)26)15-6-2-1-3-7-15/h1-3,6-9,12-13H,4-5,10-11H2,(H,22,25). The smallest absolute Gasteiger partial charge is 0.282 e. The summed E-state index contributed by atoms with van der Waals surface area (Å²) in [5, 5.41) is 1.17. The molecule has 2 aromatic rings. The third kappa shape index (κ3) is 2.94. The molecule has 2 amide bonds. The van der Waals surface area contributed by atoms with E-state index >= 15 is 0 Å². The van der Waals surface area contributed by atoms with Gasteiger partial charge in [0.15, 0.2) is 0 Å². The Balaban J connectivity index is 1.61. The summed E-state index contributed by atoms with van der Waals surface area (Å²) in [4.78, 5) is 26.9. The summed E-state index contributed by atoms with van der Waals surface area (Å²) in [6, 6.07) is 13.7. The van der Waals surface area contributed by atoms with Crippen molar-refractivity contribution in [2.45, 2.75) is 12.8 Å². The molecule has 26 heavy (non-hydrogen) atoms. The van der Waals surface area contributed by atoms with Crippen LogP contribution < -0.4 is 15.3 Å². The first kappa shape index (κ1) is 16.3. The lowest BCUT2D eigenvalue weighted by atomic mass is 10.1. The summed E-state index contributed by atoms with van der Waals surface area (Å²) in [7, 11) is 0. The minimum absolute atomic E-state index is 0.0818. The van der Waals surface area contributed by atoms with Gasteiger partial charge >= 0.3 is 0 Å². The molecule has 0 spiro atoms. The van der Waals surface area contributed by atoms with Crippen molar-refractivity contribution in [1.29, 1.82) is 0 Å². The second-order valence-electron chi connectivity index (χ2n) is 6.38. The molecule has 2 aromatic carbocycles. The predicted molar refractivity (Wildman–Crippen MR) is 97.9 cm³/mol. The summed E-state index contributed by atoms with van der Waals surface area (Å²) < 4.78 is 14.5. The normalized spacial score (nSPS) is 18.7. The molecule has 5 nitrogen and oxygen atoms in total. The van der Waals surface area contributed by atoms with Gasteiger partial charge < -0.3 is 4.90 Å². The number of amides is 2. The Hall–Kier alpha value is -3.15. The fourth-order valence-electron chi connectivity index (χ4n) is 3.28. The Kier molecular flexibility index (Phi) is 4.16. The summed E-state index contributed by atoms with van der Waals surface area (Å²) in [5.41, 5.74) is 4.04. The lowest BCUT2D eigenvalue weighted by Crippen LogP contribution is -2.35. The number of hydrogen-bond acceptors (Lipinski definition) is 3. The minimum Gasteiger partial charge on any atom is -0.371 e. The highest BCUT2D eigenvalue weighted by Gasteiger charge is 2.34. The fourth-order valence-corrected chi connectivity index (χ4v) is 3.28. The van der Waals surface area contributed by atoms with E-state index in [0.717, 1.165) is 31.6 Å². The average Bonchev–Trinajstić information content (AvgIpc) is 3.28. The molecule has 0 aromatic heterocycles. The van der Waals surface area contributed by atoms with E-state index in [1.54, 1.807) is 30.3 Å². The maximum absolute atomic E-state index is 14.5. The first-order valence-corrected chi connectivity index (χ1v) is 8.60. The first-order valence-electron chi connectivity index (χ1n) is 8.60. The van der Waals surface area contributed by atoms with Gasteiger partial charge in [-0.25, -0.2) is 9.40 Å². The quantitative estimate of drug-likeness (QED) is 0.683. The van der Waals surface area contributed by atoms with E-state index in [0.29, 0.717) is 5.69 Å². The molecule has 2 aliphatic rings. The van der Waals surface area contributed by atoms with Crippen LogP contribution in [0, 0.1) is 5.82 Å². The predicted octanol–water partition coefficient (Wildman–Crippen LogP) is 2.89. The molecule has 0 saturated carbocycles. The van der Waals surface area contributed by atoms with Crippen molar-refractivity contribution in [2.75, 3.05) is 23.0 Å². The summed E-state index contributed by atoms with van der Waals surface area (Å²) in [5.74, 6) is -1.48. The molecule has 4 rings (SSSR count). The van der Waals surface area contributed by atoms with Crippen LogP contribution in [0.15, 0.2) is 54.1 Å². The molecule has 0 bridgehead atoms. The fraction of sp³-hybridized carbons (Fsp3) is 0.200.